The number of anilines is 1. The fourth-order valence-electron chi connectivity index (χ4n) is 4.38. The molecule has 0 bridgehead atoms. The van der Waals surface area contributed by atoms with Crippen LogP contribution in [0.15, 0.2) is 72.8 Å². The summed E-state index contributed by atoms with van der Waals surface area (Å²) in [5.74, 6) is 1.60. The molecular weight excluding hydrogens is 388 g/mol. The Kier molecular flexibility index (Phi) is 5.59. The predicted octanol–water partition coefficient (Wildman–Crippen LogP) is 5.05. The summed E-state index contributed by atoms with van der Waals surface area (Å²) >= 11 is 0. The highest BCUT2D eigenvalue weighted by atomic mass is 16.6. The summed E-state index contributed by atoms with van der Waals surface area (Å²) in [7, 11) is 0. The molecule has 2 aliphatic rings. The number of fused-ring (bicyclic) bond motifs is 1. The SMILES string of the molecule is O=C(Nc1ccccc1)c1ccc(CN2CCC[C@@H]2c2ccc3c(c2)OCCO3)cc1. The first-order chi connectivity index (χ1) is 15.3. The van der Waals surface area contributed by atoms with Crippen LogP contribution >= 0.6 is 0 Å². The first-order valence-electron chi connectivity index (χ1n) is 10.9. The molecule has 2 heterocycles. The molecule has 5 rings (SSSR count). The highest BCUT2D eigenvalue weighted by Gasteiger charge is 2.27. The number of rotatable bonds is 5. The van der Waals surface area contributed by atoms with E-state index in [9.17, 15) is 4.79 Å². The van der Waals surface area contributed by atoms with E-state index < -0.39 is 0 Å². The minimum absolute atomic E-state index is 0.0897. The van der Waals surface area contributed by atoms with Crippen LogP contribution in [0.1, 0.15) is 40.4 Å². The quantitative estimate of drug-likeness (QED) is 0.635. The summed E-state index contributed by atoms with van der Waals surface area (Å²) in [4.78, 5) is 15.0. The van der Waals surface area contributed by atoms with Gasteiger partial charge in [-0.2, -0.15) is 0 Å². The van der Waals surface area contributed by atoms with E-state index in [1.807, 2.05) is 48.5 Å². The third kappa shape index (κ3) is 4.42. The summed E-state index contributed by atoms with van der Waals surface area (Å²) in [5.41, 5.74) is 3.95. The number of hydrogen-bond donors (Lipinski definition) is 1. The molecule has 0 unspecified atom stereocenters. The molecule has 0 radical (unpaired) electrons. The fraction of sp³-hybridized carbons (Fsp3) is 0.269. The molecule has 1 saturated heterocycles. The number of amides is 1. The number of para-hydroxylation sites is 1. The molecule has 1 amide bonds. The second-order valence-electron chi connectivity index (χ2n) is 8.05. The molecule has 158 valence electrons. The lowest BCUT2D eigenvalue weighted by Crippen LogP contribution is -2.23. The molecular formula is C26H26N2O3. The van der Waals surface area contributed by atoms with Crippen LogP contribution in [-0.2, 0) is 6.54 Å². The number of likely N-dealkylation sites (tertiary alicyclic amines) is 1. The number of hydrogen-bond acceptors (Lipinski definition) is 4. The van der Waals surface area contributed by atoms with Crippen LogP contribution in [0.4, 0.5) is 5.69 Å². The maximum Gasteiger partial charge on any atom is 0.255 e. The Morgan fingerprint density at radius 2 is 1.71 bits per heavy atom. The monoisotopic (exact) mass is 414 g/mol. The molecule has 0 aromatic heterocycles. The number of nitrogens with zero attached hydrogens (tertiary/aromatic N) is 1. The number of benzene rings is 3. The molecule has 0 spiro atoms. The van der Waals surface area contributed by atoms with E-state index in [0.29, 0.717) is 24.8 Å². The Hall–Kier alpha value is -3.31. The van der Waals surface area contributed by atoms with Gasteiger partial charge in [0.15, 0.2) is 11.5 Å². The molecule has 5 nitrogen and oxygen atoms in total. The molecule has 5 heteroatoms. The van der Waals surface area contributed by atoms with Crippen molar-refractivity contribution in [1.29, 1.82) is 0 Å². The first kappa shape index (κ1) is 19.6. The maximum absolute atomic E-state index is 12.5. The molecule has 0 aliphatic carbocycles. The normalized spacial score (nSPS) is 18.0. The maximum atomic E-state index is 12.5. The van der Waals surface area contributed by atoms with Gasteiger partial charge < -0.3 is 14.8 Å². The Morgan fingerprint density at radius 3 is 2.52 bits per heavy atom. The van der Waals surface area contributed by atoms with Crippen molar-refractivity contribution in [3.05, 3.63) is 89.5 Å². The summed E-state index contributed by atoms with van der Waals surface area (Å²) in [6.07, 6.45) is 2.31. The molecule has 1 fully saturated rings. The third-order valence-electron chi connectivity index (χ3n) is 5.95. The summed E-state index contributed by atoms with van der Waals surface area (Å²) in [6, 6.07) is 24.1. The Bertz CT molecular complexity index is 1050. The van der Waals surface area contributed by atoms with Gasteiger partial charge in [-0.25, -0.2) is 0 Å². The van der Waals surface area contributed by atoms with E-state index in [4.69, 9.17) is 9.47 Å². The van der Waals surface area contributed by atoms with Gasteiger partial charge in [0.2, 0.25) is 0 Å². The number of ether oxygens (including phenoxy) is 2. The fourth-order valence-corrected chi connectivity index (χ4v) is 4.38. The van der Waals surface area contributed by atoms with Crippen LogP contribution in [0.25, 0.3) is 0 Å². The van der Waals surface area contributed by atoms with Crippen LogP contribution in [0, 0.1) is 0 Å². The van der Waals surface area contributed by atoms with Crippen molar-refractivity contribution in [2.24, 2.45) is 0 Å². The number of nitrogens with one attached hydrogen (secondary N) is 1. The molecule has 3 aromatic carbocycles. The van der Waals surface area contributed by atoms with E-state index >= 15 is 0 Å². The molecule has 0 saturated carbocycles. The van der Waals surface area contributed by atoms with Gasteiger partial charge in [0.1, 0.15) is 13.2 Å². The van der Waals surface area contributed by atoms with Gasteiger partial charge >= 0.3 is 0 Å². The minimum atomic E-state index is -0.0897. The van der Waals surface area contributed by atoms with Crippen molar-refractivity contribution >= 4 is 11.6 Å². The lowest BCUT2D eigenvalue weighted by atomic mass is 10.0. The predicted molar refractivity (Wildman–Crippen MR) is 121 cm³/mol. The van der Waals surface area contributed by atoms with E-state index in [2.05, 4.69) is 34.5 Å². The zero-order valence-electron chi connectivity index (χ0n) is 17.4. The number of carbonyl (C=O) groups excluding carboxylic acids is 1. The summed E-state index contributed by atoms with van der Waals surface area (Å²) in [5, 5.41) is 2.93. The minimum Gasteiger partial charge on any atom is -0.486 e. The molecule has 3 aromatic rings. The van der Waals surface area contributed by atoms with E-state index in [1.54, 1.807) is 0 Å². The van der Waals surface area contributed by atoms with Gasteiger partial charge in [0, 0.05) is 23.8 Å². The molecule has 1 N–H and O–H groups in total. The second kappa shape index (κ2) is 8.82. The summed E-state index contributed by atoms with van der Waals surface area (Å²) < 4.78 is 11.4. The van der Waals surface area contributed by atoms with Crippen molar-refractivity contribution in [2.45, 2.75) is 25.4 Å². The van der Waals surface area contributed by atoms with Crippen molar-refractivity contribution in [3.8, 4) is 11.5 Å². The van der Waals surface area contributed by atoms with Gasteiger partial charge in [-0.05, 0) is 66.9 Å². The van der Waals surface area contributed by atoms with Gasteiger partial charge in [0.05, 0.1) is 0 Å². The van der Waals surface area contributed by atoms with Gasteiger partial charge in [-0.3, -0.25) is 9.69 Å². The van der Waals surface area contributed by atoms with Gasteiger partial charge in [-0.15, -0.1) is 0 Å². The van der Waals surface area contributed by atoms with Crippen LogP contribution in [0.3, 0.4) is 0 Å². The van der Waals surface area contributed by atoms with E-state index in [1.165, 1.54) is 17.5 Å². The third-order valence-corrected chi connectivity index (χ3v) is 5.95. The highest BCUT2D eigenvalue weighted by Crippen LogP contribution is 2.38. The van der Waals surface area contributed by atoms with Crippen LogP contribution in [-0.4, -0.2) is 30.6 Å². The zero-order chi connectivity index (χ0) is 21.0. The van der Waals surface area contributed by atoms with Gasteiger partial charge in [0.25, 0.3) is 5.91 Å². The molecule has 1 atom stereocenters. The van der Waals surface area contributed by atoms with Crippen LogP contribution in [0.5, 0.6) is 11.5 Å². The zero-order valence-corrected chi connectivity index (χ0v) is 17.4. The summed E-state index contributed by atoms with van der Waals surface area (Å²) in [6.45, 7) is 3.14. The van der Waals surface area contributed by atoms with Crippen LogP contribution < -0.4 is 14.8 Å². The average molecular weight is 415 g/mol. The van der Waals surface area contributed by atoms with E-state index in [-0.39, 0.29) is 5.91 Å². The number of carbonyl (C=O) groups is 1. The van der Waals surface area contributed by atoms with Crippen molar-refractivity contribution < 1.29 is 14.3 Å². The van der Waals surface area contributed by atoms with Gasteiger partial charge in [-0.1, -0.05) is 36.4 Å². The molecule has 2 aliphatic heterocycles. The topological polar surface area (TPSA) is 50.8 Å². The highest BCUT2D eigenvalue weighted by molar-refractivity contribution is 6.04. The first-order valence-corrected chi connectivity index (χ1v) is 10.9. The Balaban J connectivity index is 1.25. The van der Waals surface area contributed by atoms with E-state index in [0.717, 1.165) is 36.7 Å². The second-order valence-corrected chi connectivity index (χ2v) is 8.05. The van der Waals surface area contributed by atoms with Crippen molar-refractivity contribution in [3.63, 3.8) is 0 Å². The average Bonchev–Trinajstić information content (AvgIpc) is 3.28. The largest absolute Gasteiger partial charge is 0.486 e. The molecule has 31 heavy (non-hydrogen) atoms. The van der Waals surface area contributed by atoms with Crippen molar-refractivity contribution in [1.82, 2.24) is 4.90 Å². The Labute approximate surface area is 182 Å². The standard InChI is InChI=1S/C26H26N2O3/c29-26(27-22-5-2-1-3-6-22)20-10-8-19(9-11-20)18-28-14-4-7-23(28)21-12-13-24-25(17-21)31-16-15-30-24/h1-3,5-6,8-13,17,23H,4,7,14-16,18H2,(H,27,29)/t23-/m1/s1. The lowest BCUT2D eigenvalue weighted by molar-refractivity contribution is 0.102. The Morgan fingerprint density at radius 1 is 0.935 bits per heavy atom. The lowest BCUT2D eigenvalue weighted by Gasteiger charge is -2.26. The van der Waals surface area contributed by atoms with Crippen molar-refractivity contribution in [2.75, 3.05) is 25.1 Å². The smallest absolute Gasteiger partial charge is 0.255 e. The van der Waals surface area contributed by atoms with Crippen LogP contribution in [0.2, 0.25) is 0 Å².